The summed E-state index contributed by atoms with van der Waals surface area (Å²) in [6.07, 6.45) is 0. The van der Waals surface area contributed by atoms with Crippen LogP contribution in [0.1, 0.15) is 11.1 Å². The highest BCUT2D eigenvalue weighted by molar-refractivity contribution is 6.30. The number of halogens is 1. The van der Waals surface area contributed by atoms with Gasteiger partial charge in [-0.3, -0.25) is 9.59 Å². The fourth-order valence-electron chi connectivity index (χ4n) is 2.35. The molecule has 3 nitrogen and oxygen atoms in total. The standard InChI is InChI=1S/C18H14ClNO2/c1-11-2-6-13(7-3-11)15-16(18(22)17(15)21)20-10-12-4-8-14(19)9-5-12/h2-9,20H,10H2,1H3. The van der Waals surface area contributed by atoms with Gasteiger partial charge in [0.1, 0.15) is 0 Å². The molecule has 0 saturated carbocycles. The number of aryl methyl sites for hydroxylation is 1. The van der Waals surface area contributed by atoms with Crippen molar-refractivity contribution in [3.8, 4) is 11.1 Å². The maximum absolute atomic E-state index is 11.8. The van der Waals surface area contributed by atoms with Gasteiger partial charge in [0.05, 0.1) is 11.3 Å². The zero-order chi connectivity index (χ0) is 15.7. The molecule has 3 aromatic carbocycles. The molecule has 1 N–H and O–H groups in total. The van der Waals surface area contributed by atoms with Gasteiger partial charge in [-0.25, -0.2) is 0 Å². The van der Waals surface area contributed by atoms with Crippen LogP contribution in [0.3, 0.4) is 0 Å². The highest BCUT2D eigenvalue weighted by Gasteiger charge is 2.21. The summed E-state index contributed by atoms with van der Waals surface area (Å²) >= 11 is 5.84. The molecule has 110 valence electrons. The van der Waals surface area contributed by atoms with Crippen molar-refractivity contribution in [1.82, 2.24) is 0 Å². The topological polar surface area (TPSA) is 46.2 Å². The number of nitrogens with one attached hydrogen (secondary N) is 1. The van der Waals surface area contributed by atoms with Crippen LogP contribution in [0.2, 0.25) is 5.02 Å². The van der Waals surface area contributed by atoms with E-state index in [-0.39, 0.29) is 0 Å². The lowest BCUT2D eigenvalue weighted by Gasteiger charge is -2.13. The van der Waals surface area contributed by atoms with E-state index in [1.54, 1.807) is 12.1 Å². The molecule has 0 unspecified atom stereocenters. The van der Waals surface area contributed by atoms with Gasteiger partial charge >= 0.3 is 0 Å². The first kappa shape index (κ1) is 14.5. The SMILES string of the molecule is Cc1ccc(-c2c(NCc3ccc(Cl)cc3)c(=O)c2=O)cc1. The number of rotatable bonds is 4. The minimum Gasteiger partial charge on any atom is -0.377 e. The molecule has 3 aromatic rings. The second-order valence-corrected chi connectivity index (χ2v) is 5.69. The molecule has 0 aliphatic heterocycles. The summed E-state index contributed by atoms with van der Waals surface area (Å²) in [6.45, 7) is 2.45. The molecule has 0 bridgehead atoms. The lowest BCUT2D eigenvalue weighted by molar-refractivity contribution is 1.13. The summed E-state index contributed by atoms with van der Waals surface area (Å²) in [4.78, 5) is 23.6. The Morgan fingerprint density at radius 3 is 2.18 bits per heavy atom. The van der Waals surface area contributed by atoms with Crippen molar-refractivity contribution >= 4 is 17.3 Å². The van der Waals surface area contributed by atoms with Crippen LogP contribution in [0.5, 0.6) is 0 Å². The van der Waals surface area contributed by atoms with Crippen molar-refractivity contribution in [3.63, 3.8) is 0 Å². The second-order valence-electron chi connectivity index (χ2n) is 5.25. The first-order valence-electron chi connectivity index (χ1n) is 6.95. The quantitative estimate of drug-likeness (QED) is 0.750. The molecular formula is C18H14ClNO2. The fourth-order valence-corrected chi connectivity index (χ4v) is 2.47. The predicted octanol–water partition coefficient (Wildman–Crippen LogP) is 3.52. The Morgan fingerprint density at radius 2 is 1.55 bits per heavy atom. The molecule has 0 spiro atoms. The summed E-state index contributed by atoms with van der Waals surface area (Å²) in [5.41, 5.74) is 2.86. The Morgan fingerprint density at radius 1 is 0.909 bits per heavy atom. The van der Waals surface area contributed by atoms with Crippen molar-refractivity contribution in [2.24, 2.45) is 0 Å². The van der Waals surface area contributed by atoms with E-state index in [0.29, 0.717) is 22.8 Å². The highest BCUT2D eigenvalue weighted by atomic mass is 35.5. The molecule has 0 radical (unpaired) electrons. The Hall–Kier alpha value is -2.39. The molecule has 0 aliphatic rings. The number of benzene rings is 2. The van der Waals surface area contributed by atoms with E-state index in [1.807, 2.05) is 43.3 Å². The molecular weight excluding hydrogens is 298 g/mol. The van der Waals surface area contributed by atoms with E-state index in [2.05, 4.69) is 5.32 Å². The third-order valence-electron chi connectivity index (χ3n) is 3.63. The summed E-state index contributed by atoms with van der Waals surface area (Å²) < 4.78 is 0. The summed E-state index contributed by atoms with van der Waals surface area (Å²) in [7, 11) is 0. The van der Waals surface area contributed by atoms with Crippen LogP contribution < -0.4 is 16.2 Å². The van der Waals surface area contributed by atoms with Gasteiger partial charge in [0.25, 0.3) is 0 Å². The number of hydrogen-bond acceptors (Lipinski definition) is 3. The van der Waals surface area contributed by atoms with Crippen molar-refractivity contribution in [2.75, 3.05) is 5.32 Å². The lowest BCUT2D eigenvalue weighted by atomic mass is 9.97. The molecule has 0 saturated heterocycles. The van der Waals surface area contributed by atoms with E-state index in [0.717, 1.165) is 16.7 Å². The van der Waals surface area contributed by atoms with Gasteiger partial charge in [-0.1, -0.05) is 53.6 Å². The normalized spacial score (nSPS) is 10.8. The van der Waals surface area contributed by atoms with E-state index in [1.165, 1.54) is 0 Å². The van der Waals surface area contributed by atoms with Crippen LogP contribution in [0.15, 0.2) is 58.1 Å². The molecule has 0 aliphatic carbocycles. The lowest BCUT2D eigenvalue weighted by Crippen LogP contribution is -2.36. The summed E-state index contributed by atoms with van der Waals surface area (Å²) in [5.74, 6) is 0. The van der Waals surface area contributed by atoms with Crippen molar-refractivity contribution in [1.29, 1.82) is 0 Å². The molecule has 22 heavy (non-hydrogen) atoms. The maximum atomic E-state index is 11.8. The monoisotopic (exact) mass is 311 g/mol. The fraction of sp³-hybridized carbons (Fsp3) is 0.111. The average molecular weight is 312 g/mol. The Kier molecular flexibility index (Phi) is 3.82. The zero-order valence-corrected chi connectivity index (χ0v) is 12.8. The Balaban J connectivity index is 1.84. The van der Waals surface area contributed by atoms with Crippen molar-refractivity contribution < 1.29 is 0 Å². The highest BCUT2D eigenvalue weighted by Crippen LogP contribution is 2.24. The van der Waals surface area contributed by atoms with Gasteiger partial charge in [0, 0.05) is 11.6 Å². The van der Waals surface area contributed by atoms with Crippen LogP contribution in [-0.4, -0.2) is 0 Å². The van der Waals surface area contributed by atoms with Gasteiger partial charge < -0.3 is 5.32 Å². The molecule has 0 atom stereocenters. The number of anilines is 1. The van der Waals surface area contributed by atoms with Crippen LogP contribution in [0.25, 0.3) is 11.1 Å². The van der Waals surface area contributed by atoms with Gasteiger partial charge in [0.15, 0.2) is 0 Å². The molecule has 0 amide bonds. The molecule has 3 rings (SSSR count). The first-order valence-corrected chi connectivity index (χ1v) is 7.33. The Bertz CT molecular complexity index is 873. The van der Waals surface area contributed by atoms with Crippen LogP contribution in [-0.2, 0) is 6.54 Å². The maximum Gasteiger partial charge on any atom is 0.250 e. The van der Waals surface area contributed by atoms with Crippen molar-refractivity contribution in [3.05, 3.63) is 85.1 Å². The average Bonchev–Trinajstić information content (AvgIpc) is 2.53. The molecule has 0 heterocycles. The van der Waals surface area contributed by atoms with E-state index < -0.39 is 10.9 Å². The van der Waals surface area contributed by atoms with Gasteiger partial charge in [0.2, 0.25) is 10.9 Å². The van der Waals surface area contributed by atoms with Crippen LogP contribution in [0, 0.1) is 6.92 Å². The number of hydrogen-bond donors (Lipinski definition) is 1. The van der Waals surface area contributed by atoms with E-state index in [9.17, 15) is 9.59 Å². The van der Waals surface area contributed by atoms with Crippen LogP contribution >= 0.6 is 11.6 Å². The summed E-state index contributed by atoms with van der Waals surface area (Å²) in [5, 5.41) is 3.73. The third-order valence-corrected chi connectivity index (χ3v) is 3.89. The van der Waals surface area contributed by atoms with Crippen molar-refractivity contribution in [2.45, 2.75) is 13.5 Å². The Labute approximate surface area is 132 Å². The molecule has 0 fully saturated rings. The predicted molar refractivity (Wildman–Crippen MR) is 90.3 cm³/mol. The van der Waals surface area contributed by atoms with E-state index in [4.69, 9.17) is 11.6 Å². The first-order chi connectivity index (χ1) is 10.6. The smallest absolute Gasteiger partial charge is 0.250 e. The minimum atomic E-state index is -0.454. The molecule has 0 aromatic heterocycles. The van der Waals surface area contributed by atoms with Gasteiger partial charge in [-0.05, 0) is 30.2 Å². The molecule has 4 heteroatoms. The summed E-state index contributed by atoms with van der Waals surface area (Å²) in [6, 6.07) is 14.9. The minimum absolute atomic E-state index is 0.392. The second kappa shape index (κ2) is 5.78. The zero-order valence-electron chi connectivity index (χ0n) is 12.0. The van der Waals surface area contributed by atoms with E-state index >= 15 is 0 Å². The largest absolute Gasteiger partial charge is 0.377 e. The third kappa shape index (κ3) is 2.68. The van der Waals surface area contributed by atoms with Gasteiger partial charge in [-0.2, -0.15) is 0 Å². The van der Waals surface area contributed by atoms with Crippen LogP contribution in [0.4, 0.5) is 5.69 Å². The van der Waals surface area contributed by atoms with Gasteiger partial charge in [-0.15, -0.1) is 0 Å².